The SMILES string of the molecule is CCCNCc1oc2ccccc2c1COC1CCCC1. The van der Waals surface area contributed by atoms with Gasteiger partial charge in [-0.15, -0.1) is 0 Å². The fourth-order valence-corrected chi connectivity index (χ4v) is 3.09. The maximum absolute atomic E-state index is 6.11. The average Bonchev–Trinajstić information content (AvgIpc) is 3.12. The zero-order chi connectivity index (χ0) is 14.5. The smallest absolute Gasteiger partial charge is 0.134 e. The molecular weight excluding hydrogens is 262 g/mol. The van der Waals surface area contributed by atoms with Crippen LogP contribution >= 0.6 is 0 Å². The Morgan fingerprint density at radius 1 is 1.24 bits per heavy atom. The molecule has 0 saturated heterocycles. The molecule has 1 aromatic carbocycles. The van der Waals surface area contributed by atoms with E-state index in [1.54, 1.807) is 0 Å². The Kier molecular flexibility index (Phi) is 4.94. The lowest BCUT2D eigenvalue weighted by molar-refractivity contribution is 0.0454. The van der Waals surface area contributed by atoms with Crippen molar-refractivity contribution in [3.05, 3.63) is 35.6 Å². The number of hydrogen-bond donors (Lipinski definition) is 1. The fraction of sp³-hybridized carbons (Fsp3) is 0.556. The number of benzene rings is 1. The minimum Gasteiger partial charge on any atom is -0.459 e. The van der Waals surface area contributed by atoms with Gasteiger partial charge in [0.2, 0.25) is 0 Å². The number of fused-ring (bicyclic) bond motifs is 1. The summed E-state index contributed by atoms with van der Waals surface area (Å²) in [5.41, 5.74) is 2.19. The summed E-state index contributed by atoms with van der Waals surface area (Å²) >= 11 is 0. The molecule has 3 nitrogen and oxygen atoms in total. The summed E-state index contributed by atoms with van der Waals surface area (Å²) in [5, 5.41) is 4.63. The van der Waals surface area contributed by atoms with Crippen molar-refractivity contribution in [2.75, 3.05) is 6.54 Å². The molecule has 3 rings (SSSR count). The molecule has 2 aromatic rings. The van der Waals surface area contributed by atoms with Gasteiger partial charge in [0.1, 0.15) is 11.3 Å². The van der Waals surface area contributed by atoms with Gasteiger partial charge in [-0.25, -0.2) is 0 Å². The second kappa shape index (κ2) is 7.10. The minimum absolute atomic E-state index is 0.440. The molecule has 0 atom stereocenters. The highest BCUT2D eigenvalue weighted by Crippen LogP contribution is 2.29. The van der Waals surface area contributed by atoms with Gasteiger partial charge < -0.3 is 14.5 Å². The van der Waals surface area contributed by atoms with Gasteiger partial charge in [-0.05, 0) is 31.9 Å². The summed E-state index contributed by atoms with van der Waals surface area (Å²) in [6.07, 6.45) is 6.60. The molecule has 1 heterocycles. The van der Waals surface area contributed by atoms with Gasteiger partial charge in [0, 0.05) is 10.9 Å². The molecule has 0 spiro atoms. The highest BCUT2D eigenvalue weighted by molar-refractivity contribution is 5.82. The van der Waals surface area contributed by atoms with Crippen molar-refractivity contribution in [3.8, 4) is 0 Å². The van der Waals surface area contributed by atoms with E-state index in [0.29, 0.717) is 12.7 Å². The summed E-state index contributed by atoms with van der Waals surface area (Å²) in [7, 11) is 0. The second-order valence-corrected chi connectivity index (χ2v) is 5.89. The Balaban J connectivity index is 1.76. The molecule has 1 aliphatic rings. The van der Waals surface area contributed by atoms with E-state index in [0.717, 1.165) is 30.9 Å². The molecular formula is C18H25NO2. The molecule has 1 N–H and O–H groups in total. The third-order valence-electron chi connectivity index (χ3n) is 4.26. The molecule has 0 aliphatic heterocycles. The molecule has 1 aromatic heterocycles. The number of rotatable bonds is 7. The van der Waals surface area contributed by atoms with Crippen LogP contribution in [0, 0.1) is 0 Å². The topological polar surface area (TPSA) is 34.4 Å². The molecule has 21 heavy (non-hydrogen) atoms. The first kappa shape index (κ1) is 14.6. The Morgan fingerprint density at radius 3 is 2.86 bits per heavy atom. The molecule has 0 radical (unpaired) electrons. The van der Waals surface area contributed by atoms with E-state index in [-0.39, 0.29) is 0 Å². The lowest BCUT2D eigenvalue weighted by atomic mass is 10.1. The number of para-hydroxylation sites is 1. The van der Waals surface area contributed by atoms with E-state index in [9.17, 15) is 0 Å². The predicted molar refractivity (Wildman–Crippen MR) is 85.3 cm³/mol. The minimum atomic E-state index is 0.440. The van der Waals surface area contributed by atoms with E-state index in [2.05, 4.69) is 24.4 Å². The van der Waals surface area contributed by atoms with Gasteiger partial charge in [0.25, 0.3) is 0 Å². The molecule has 0 amide bonds. The Morgan fingerprint density at radius 2 is 2.05 bits per heavy atom. The molecule has 1 fully saturated rings. The number of ether oxygens (including phenoxy) is 1. The van der Waals surface area contributed by atoms with E-state index in [1.165, 1.54) is 36.6 Å². The fourth-order valence-electron chi connectivity index (χ4n) is 3.09. The van der Waals surface area contributed by atoms with Gasteiger partial charge in [-0.2, -0.15) is 0 Å². The third-order valence-corrected chi connectivity index (χ3v) is 4.26. The first-order chi connectivity index (χ1) is 10.4. The van der Waals surface area contributed by atoms with Gasteiger partial charge in [-0.3, -0.25) is 0 Å². The highest BCUT2D eigenvalue weighted by Gasteiger charge is 2.19. The van der Waals surface area contributed by atoms with Crippen LogP contribution in [0.25, 0.3) is 11.0 Å². The Bertz CT molecular complexity index is 570. The van der Waals surface area contributed by atoms with Crippen molar-refractivity contribution >= 4 is 11.0 Å². The average molecular weight is 287 g/mol. The zero-order valence-corrected chi connectivity index (χ0v) is 12.9. The highest BCUT2D eigenvalue weighted by atomic mass is 16.5. The van der Waals surface area contributed by atoms with Crippen LogP contribution in [-0.2, 0) is 17.9 Å². The van der Waals surface area contributed by atoms with Gasteiger partial charge in [-0.1, -0.05) is 38.0 Å². The van der Waals surface area contributed by atoms with Gasteiger partial charge in [0.05, 0.1) is 19.3 Å². The maximum atomic E-state index is 6.11. The first-order valence-corrected chi connectivity index (χ1v) is 8.20. The van der Waals surface area contributed by atoms with Gasteiger partial charge in [0.15, 0.2) is 0 Å². The molecule has 0 unspecified atom stereocenters. The number of hydrogen-bond acceptors (Lipinski definition) is 3. The Hall–Kier alpha value is -1.32. The van der Waals surface area contributed by atoms with Crippen LogP contribution in [0.2, 0.25) is 0 Å². The van der Waals surface area contributed by atoms with Crippen molar-refractivity contribution < 1.29 is 9.15 Å². The lowest BCUT2D eigenvalue weighted by Gasteiger charge is -2.11. The van der Waals surface area contributed by atoms with E-state index < -0.39 is 0 Å². The molecule has 3 heteroatoms. The van der Waals surface area contributed by atoms with Crippen LogP contribution in [-0.4, -0.2) is 12.6 Å². The summed E-state index contributed by atoms with van der Waals surface area (Å²) in [4.78, 5) is 0. The van der Waals surface area contributed by atoms with E-state index >= 15 is 0 Å². The largest absolute Gasteiger partial charge is 0.459 e. The van der Waals surface area contributed by atoms with Crippen LogP contribution in [0.5, 0.6) is 0 Å². The van der Waals surface area contributed by atoms with Gasteiger partial charge >= 0.3 is 0 Å². The summed E-state index contributed by atoms with van der Waals surface area (Å²) < 4.78 is 12.1. The molecule has 1 aliphatic carbocycles. The normalized spacial score (nSPS) is 16.0. The van der Waals surface area contributed by atoms with Crippen molar-refractivity contribution in [3.63, 3.8) is 0 Å². The Labute approximate surface area is 126 Å². The molecule has 1 saturated carbocycles. The van der Waals surface area contributed by atoms with Crippen LogP contribution in [0.4, 0.5) is 0 Å². The van der Waals surface area contributed by atoms with E-state index in [1.807, 2.05) is 12.1 Å². The predicted octanol–water partition coefficient (Wildman–Crippen LogP) is 4.39. The third kappa shape index (κ3) is 3.47. The first-order valence-electron chi connectivity index (χ1n) is 8.20. The second-order valence-electron chi connectivity index (χ2n) is 5.89. The van der Waals surface area contributed by atoms with Crippen molar-refractivity contribution in [2.45, 2.75) is 58.3 Å². The standard InChI is InChI=1S/C18H25NO2/c1-2-11-19-12-18-16(13-20-14-7-3-4-8-14)15-9-5-6-10-17(15)21-18/h5-6,9-10,14,19H,2-4,7-8,11-13H2,1H3. The lowest BCUT2D eigenvalue weighted by Crippen LogP contribution is -2.15. The molecule has 0 bridgehead atoms. The quantitative estimate of drug-likeness (QED) is 0.767. The monoisotopic (exact) mass is 287 g/mol. The van der Waals surface area contributed by atoms with Crippen LogP contribution in [0.3, 0.4) is 0 Å². The summed E-state index contributed by atoms with van der Waals surface area (Å²) in [6.45, 7) is 4.65. The van der Waals surface area contributed by atoms with Crippen LogP contribution in [0.1, 0.15) is 50.4 Å². The van der Waals surface area contributed by atoms with Crippen molar-refractivity contribution in [1.29, 1.82) is 0 Å². The number of nitrogens with one attached hydrogen (secondary N) is 1. The van der Waals surface area contributed by atoms with Crippen LogP contribution < -0.4 is 5.32 Å². The zero-order valence-electron chi connectivity index (χ0n) is 12.9. The maximum Gasteiger partial charge on any atom is 0.134 e. The van der Waals surface area contributed by atoms with E-state index in [4.69, 9.17) is 9.15 Å². The summed E-state index contributed by atoms with van der Waals surface area (Å²) in [5.74, 6) is 1.03. The molecule has 114 valence electrons. The van der Waals surface area contributed by atoms with Crippen LogP contribution in [0.15, 0.2) is 28.7 Å². The summed E-state index contributed by atoms with van der Waals surface area (Å²) in [6, 6.07) is 8.27. The number of furan rings is 1. The van der Waals surface area contributed by atoms with Crippen molar-refractivity contribution in [1.82, 2.24) is 5.32 Å². The van der Waals surface area contributed by atoms with Crippen molar-refractivity contribution in [2.24, 2.45) is 0 Å².